The summed E-state index contributed by atoms with van der Waals surface area (Å²) in [7, 11) is 0. The standard InChI is InChI=1S/C23H31N3O4/c1-2-3-10-22(27)24-18-11-13-19(14-12-18)29-16-20-15-21(26-30-20)23(28)25-17-8-6-4-5-7-9-17/h11-15,17H,2-10,16H2,1H3,(H,24,27)(H,25,28). The van der Waals surface area contributed by atoms with Crippen LogP contribution in [0.1, 0.15) is 81.0 Å². The predicted octanol–water partition coefficient (Wildman–Crippen LogP) is 4.83. The molecule has 0 saturated heterocycles. The number of nitrogens with zero attached hydrogens (tertiary/aromatic N) is 1. The Balaban J connectivity index is 1.45. The van der Waals surface area contributed by atoms with Crippen molar-refractivity contribution in [3.8, 4) is 5.75 Å². The van der Waals surface area contributed by atoms with Crippen LogP contribution in [0.3, 0.4) is 0 Å². The van der Waals surface area contributed by atoms with Crippen LogP contribution in [0, 0.1) is 0 Å². The van der Waals surface area contributed by atoms with Crippen molar-refractivity contribution < 1.29 is 18.8 Å². The molecule has 1 aliphatic rings. The first kappa shape index (κ1) is 21.9. The van der Waals surface area contributed by atoms with Gasteiger partial charge in [0.15, 0.2) is 11.5 Å². The van der Waals surface area contributed by atoms with Gasteiger partial charge in [0.25, 0.3) is 5.91 Å². The fraction of sp³-hybridized carbons (Fsp3) is 0.522. The summed E-state index contributed by atoms with van der Waals surface area (Å²) in [5, 5.41) is 9.80. The zero-order valence-electron chi connectivity index (χ0n) is 17.6. The molecule has 2 aromatic rings. The Morgan fingerprint density at radius 3 is 2.57 bits per heavy atom. The largest absolute Gasteiger partial charge is 0.486 e. The zero-order chi connectivity index (χ0) is 21.2. The molecular weight excluding hydrogens is 382 g/mol. The van der Waals surface area contributed by atoms with E-state index in [1.165, 1.54) is 12.8 Å². The maximum Gasteiger partial charge on any atom is 0.273 e. The number of carbonyl (C=O) groups is 2. The van der Waals surface area contributed by atoms with Crippen LogP contribution in [0.25, 0.3) is 0 Å². The third-order valence-electron chi connectivity index (χ3n) is 5.26. The highest BCUT2D eigenvalue weighted by Gasteiger charge is 2.18. The summed E-state index contributed by atoms with van der Waals surface area (Å²) in [6.07, 6.45) is 9.24. The van der Waals surface area contributed by atoms with Crippen molar-refractivity contribution in [2.75, 3.05) is 5.32 Å². The van der Waals surface area contributed by atoms with Crippen molar-refractivity contribution in [3.05, 3.63) is 41.8 Å². The van der Waals surface area contributed by atoms with E-state index in [9.17, 15) is 9.59 Å². The molecule has 1 heterocycles. The Hall–Kier alpha value is -2.83. The minimum atomic E-state index is -0.194. The van der Waals surface area contributed by atoms with E-state index in [-0.39, 0.29) is 30.2 Å². The van der Waals surface area contributed by atoms with E-state index in [0.29, 0.717) is 17.9 Å². The number of aromatic nitrogens is 1. The molecule has 30 heavy (non-hydrogen) atoms. The molecule has 1 aliphatic carbocycles. The van der Waals surface area contributed by atoms with Gasteiger partial charge in [-0.15, -0.1) is 0 Å². The topological polar surface area (TPSA) is 93.5 Å². The number of anilines is 1. The van der Waals surface area contributed by atoms with Crippen molar-refractivity contribution in [3.63, 3.8) is 0 Å². The van der Waals surface area contributed by atoms with Gasteiger partial charge in [-0.1, -0.05) is 44.2 Å². The van der Waals surface area contributed by atoms with Crippen LogP contribution in [0.5, 0.6) is 5.75 Å². The van der Waals surface area contributed by atoms with Gasteiger partial charge in [-0.25, -0.2) is 0 Å². The normalized spacial score (nSPS) is 14.7. The highest BCUT2D eigenvalue weighted by atomic mass is 16.5. The van der Waals surface area contributed by atoms with E-state index >= 15 is 0 Å². The molecule has 0 atom stereocenters. The van der Waals surface area contributed by atoms with Crippen LogP contribution in [-0.4, -0.2) is 23.0 Å². The number of nitrogens with one attached hydrogen (secondary N) is 2. The molecule has 0 aliphatic heterocycles. The molecular formula is C23H31N3O4. The van der Waals surface area contributed by atoms with Crippen molar-refractivity contribution in [1.82, 2.24) is 10.5 Å². The summed E-state index contributed by atoms with van der Waals surface area (Å²) in [6, 6.07) is 9.00. The maximum atomic E-state index is 12.4. The Kier molecular flexibility index (Phi) is 8.30. The first-order valence-electron chi connectivity index (χ1n) is 10.9. The van der Waals surface area contributed by atoms with Gasteiger partial charge < -0.3 is 19.9 Å². The first-order chi connectivity index (χ1) is 14.6. The minimum absolute atomic E-state index is 0.0156. The lowest BCUT2D eigenvalue weighted by molar-refractivity contribution is -0.116. The molecule has 1 aromatic heterocycles. The lowest BCUT2D eigenvalue weighted by atomic mass is 10.1. The first-order valence-corrected chi connectivity index (χ1v) is 10.9. The molecule has 0 radical (unpaired) electrons. The Labute approximate surface area is 177 Å². The van der Waals surface area contributed by atoms with E-state index in [1.54, 1.807) is 30.3 Å². The molecule has 1 fully saturated rings. The van der Waals surface area contributed by atoms with Crippen molar-refractivity contribution >= 4 is 17.5 Å². The fourth-order valence-electron chi connectivity index (χ4n) is 3.52. The number of amides is 2. The number of carbonyl (C=O) groups excluding carboxylic acids is 2. The van der Waals surface area contributed by atoms with Crippen LogP contribution in [0.15, 0.2) is 34.9 Å². The lowest BCUT2D eigenvalue weighted by Gasteiger charge is -2.14. The smallest absolute Gasteiger partial charge is 0.273 e. The Morgan fingerprint density at radius 1 is 1.13 bits per heavy atom. The molecule has 0 unspecified atom stereocenters. The molecule has 1 saturated carbocycles. The van der Waals surface area contributed by atoms with Gasteiger partial charge >= 0.3 is 0 Å². The third kappa shape index (κ3) is 6.90. The van der Waals surface area contributed by atoms with E-state index < -0.39 is 0 Å². The molecule has 2 amide bonds. The summed E-state index contributed by atoms with van der Waals surface area (Å²) in [5.74, 6) is 0.947. The van der Waals surface area contributed by atoms with Gasteiger partial charge in [0, 0.05) is 24.2 Å². The second-order valence-corrected chi connectivity index (χ2v) is 7.81. The average molecular weight is 414 g/mol. The van der Waals surface area contributed by atoms with E-state index in [1.807, 2.05) is 0 Å². The van der Waals surface area contributed by atoms with Gasteiger partial charge in [-0.3, -0.25) is 9.59 Å². The summed E-state index contributed by atoms with van der Waals surface area (Å²) < 4.78 is 10.9. The zero-order valence-corrected chi connectivity index (χ0v) is 17.6. The number of ether oxygens (including phenoxy) is 1. The third-order valence-corrected chi connectivity index (χ3v) is 5.26. The van der Waals surface area contributed by atoms with Crippen LogP contribution < -0.4 is 15.4 Å². The Morgan fingerprint density at radius 2 is 1.87 bits per heavy atom. The number of hydrogen-bond acceptors (Lipinski definition) is 5. The SMILES string of the molecule is CCCCC(=O)Nc1ccc(OCc2cc(C(=O)NC3CCCCCC3)no2)cc1. The van der Waals surface area contributed by atoms with Gasteiger partial charge in [-0.2, -0.15) is 0 Å². The molecule has 7 heteroatoms. The summed E-state index contributed by atoms with van der Waals surface area (Å²) >= 11 is 0. The molecule has 0 spiro atoms. The molecule has 0 bridgehead atoms. The number of hydrogen-bond donors (Lipinski definition) is 2. The Bertz CT molecular complexity index is 808. The number of rotatable bonds is 9. The number of unbranched alkanes of at least 4 members (excludes halogenated alkanes) is 1. The van der Waals surface area contributed by atoms with E-state index in [4.69, 9.17) is 9.26 Å². The molecule has 7 nitrogen and oxygen atoms in total. The maximum absolute atomic E-state index is 12.4. The minimum Gasteiger partial charge on any atom is -0.486 e. The van der Waals surface area contributed by atoms with Gasteiger partial charge in [0.05, 0.1) is 0 Å². The van der Waals surface area contributed by atoms with Crippen molar-refractivity contribution in [2.45, 2.75) is 77.4 Å². The van der Waals surface area contributed by atoms with E-state index in [0.717, 1.165) is 44.2 Å². The van der Waals surface area contributed by atoms with Crippen LogP contribution in [-0.2, 0) is 11.4 Å². The summed E-state index contributed by atoms with van der Waals surface area (Å²) in [5.41, 5.74) is 1.02. The average Bonchev–Trinajstić information content (AvgIpc) is 3.09. The molecule has 2 N–H and O–H groups in total. The highest BCUT2D eigenvalue weighted by molar-refractivity contribution is 5.92. The van der Waals surface area contributed by atoms with E-state index in [2.05, 4.69) is 22.7 Å². The summed E-state index contributed by atoms with van der Waals surface area (Å²) in [4.78, 5) is 24.2. The second-order valence-electron chi connectivity index (χ2n) is 7.81. The van der Waals surface area contributed by atoms with Crippen LogP contribution in [0.2, 0.25) is 0 Å². The van der Waals surface area contributed by atoms with Crippen molar-refractivity contribution in [2.24, 2.45) is 0 Å². The lowest BCUT2D eigenvalue weighted by Crippen LogP contribution is -2.34. The monoisotopic (exact) mass is 413 g/mol. The molecule has 1 aromatic carbocycles. The predicted molar refractivity (Wildman–Crippen MR) is 114 cm³/mol. The van der Waals surface area contributed by atoms with Crippen LogP contribution >= 0.6 is 0 Å². The van der Waals surface area contributed by atoms with Gasteiger partial charge in [-0.05, 0) is 43.5 Å². The van der Waals surface area contributed by atoms with Crippen molar-refractivity contribution in [1.29, 1.82) is 0 Å². The van der Waals surface area contributed by atoms with Gasteiger partial charge in [0.1, 0.15) is 12.4 Å². The van der Waals surface area contributed by atoms with Crippen LogP contribution in [0.4, 0.5) is 5.69 Å². The second kappa shape index (κ2) is 11.4. The fourth-order valence-corrected chi connectivity index (χ4v) is 3.52. The summed E-state index contributed by atoms with van der Waals surface area (Å²) in [6.45, 7) is 2.23. The molecule has 162 valence electrons. The molecule has 3 rings (SSSR count). The number of benzene rings is 1. The quantitative estimate of drug-likeness (QED) is 0.574. The van der Waals surface area contributed by atoms with Gasteiger partial charge in [0.2, 0.25) is 5.91 Å². The highest BCUT2D eigenvalue weighted by Crippen LogP contribution is 2.19.